The van der Waals surface area contributed by atoms with Gasteiger partial charge in [0.25, 0.3) is 0 Å². The van der Waals surface area contributed by atoms with Crippen LogP contribution in [-0.4, -0.2) is 16.2 Å². The molecule has 1 rings (SSSR count). The summed E-state index contributed by atoms with van der Waals surface area (Å²) in [6.07, 6.45) is 2.77. The standard InChI is InChI=1S/C10H16N4/c1-3-7(2)8-6-9(12)14-10(13-8)4-5-11/h5-7,11H,3-4H2,1-2H3,(H2,12,13,14). The number of nitrogens with two attached hydrogens (primary N) is 1. The van der Waals surface area contributed by atoms with Crippen molar-refractivity contribution in [1.82, 2.24) is 9.97 Å². The second kappa shape index (κ2) is 4.69. The molecule has 1 heterocycles. The number of nitrogens with one attached hydrogen (secondary N) is 1. The first-order valence-corrected chi connectivity index (χ1v) is 4.79. The molecule has 1 aromatic heterocycles. The lowest BCUT2D eigenvalue weighted by Crippen LogP contribution is -2.05. The fourth-order valence-corrected chi connectivity index (χ4v) is 1.18. The third kappa shape index (κ3) is 2.52. The molecule has 4 nitrogen and oxygen atoms in total. The van der Waals surface area contributed by atoms with Crippen molar-refractivity contribution >= 4 is 12.0 Å². The van der Waals surface area contributed by atoms with Crippen LogP contribution in [0.3, 0.4) is 0 Å². The smallest absolute Gasteiger partial charge is 0.136 e. The number of rotatable bonds is 4. The van der Waals surface area contributed by atoms with Gasteiger partial charge in [-0.05, 0) is 12.3 Å². The molecule has 1 aromatic rings. The number of aromatic nitrogens is 2. The third-order valence-corrected chi connectivity index (χ3v) is 2.21. The maximum atomic E-state index is 6.99. The second-order valence-electron chi connectivity index (χ2n) is 3.35. The summed E-state index contributed by atoms with van der Waals surface area (Å²) in [5, 5.41) is 6.99. The molecule has 0 spiro atoms. The fraction of sp³-hybridized carbons (Fsp3) is 0.500. The van der Waals surface area contributed by atoms with Crippen molar-refractivity contribution < 1.29 is 0 Å². The molecule has 3 N–H and O–H groups in total. The monoisotopic (exact) mass is 192 g/mol. The molecule has 0 aromatic carbocycles. The van der Waals surface area contributed by atoms with Crippen molar-refractivity contribution in [3.8, 4) is 0 Å². The topological polar surface area (TPSA) is 75.7 Å². The van der Waals surface area contributed by atoms with E-state index in [1.807, 2.05) is 6.07 Å². The van der Waals surface area contributed by atoms with Crippen LogP contribution in [0.2, 0.25) is 0 Å². The third-order valence-electron chi connectivity index (χ3n) is 2.21. The summed E-state index contributed by atoms with van der Waals surface area (Å²) in [5.41, 5.74) is 6.63. The molecular formula is C10H16N4. The Bertz CT molecular complexity index is 322. The summed E-state index contributed by atoms with van der Waals surface area (Å²) in [6, 6.07) is 1.81. The van der Waals surface area contributed by atoms with E-state index in [4.69, 9.17) is 11.1 Å². The van der Waals surface area contributed by atoms with E-state index < -0.39 is 0 Å². The van der Waals surface area contributed by atoms with Crippen molar-refractivity contribution in [3.63, 3.8) is 0 Å². The Kier molecular flexibility index (Phi) is 3.56. The molecule has 0 aliphatic carbocycles. The minimum atomic E-state index is 0.393. The summed E-state index contributed by atoms with van der Waals surface area (Å²) in [6.45, 7) is 4.22. The van der Waals surface area contributed by atoms with Gasteiger partial charge in [0.15, 0.2) is 0 Å². The Hall–Kier alpha value is -1.45. The maximum absolute atomic E-state index is 6.99. The zero-order valence-corrected chi connectivity index (χ0v) is 8.62. The Morgan fingerprint density at radius 1 is 1.57 bits per heavy atom. The highest BCUT2D eigenvalue weighted by molar-refractivity contribution is 5.56. The van der Waals surface area contributed by atoms with Gasteiger partial charge in [-0.2, -0.15) is 0 Å². The molecule has 4 heteroatoms. The lowest BCUT2D eigenvalue weighted by atomic mass is 10.0. The summed E-state index contributed by atoms with van der Waals surface area (Å²) < 4.78 is 0. The molecule has 14 heavy (non-hydrogen) atoms. The van der Waals surface area contributed by atoms with Crippen molar-refractivity contribution in [1.29, 1.82) is 5.41 Å². The first-order valence-electron chi connectivity index (χ1n) is 4.79. The van der Waals surface area contributed by atoms with Gasteiger partial charge < -0.3 is 11.1 Å². The lowest BCUT2D eigenvalue weighted by Gasteiger charge is -2.09. The van der Waals surface area contributed by atoms with Gasteiger partial charge in [0.1, 0.15) is 11.6 Å². The Morgan fingerprint density at radius 3 is 2.86 bits per heavy atom. The highest BCUT2D eigenvalue weighted by Gasteiger charge is 2.07. The first kappa shape index (κ1) is 10.6. The van der Waals surface area contributed by atoms with Crippen molar-refractivity contribution in [2.24, 2.45) is 0 Å². The van der Waals surface area contributed by atoms with Gasteiger partial charge in [0.2, 0.25) is 0 Å². The highest BCUT2D eigenvalue weighted by atomic mass is 14.9. The van der Waals surface area contributed by atoms with E-state index in [1.165, 1.54) is 6.21 Å². The Balaban J connectivity index is 3.00. The van der Waals surface area contributed by atoms with Crippen LogP contribution in [0.4, 0.5) is 5.82 Å². The zero-order chi connectivity index (χ0) is 10.6. The molecule has 0 bridgehead atoms. The van der Waals surface area contributed by atoms with Crippen molar-refractivity contribution in [2.75, 3.05) is 5.73 Å². The Morgan fingerprint density at radius 2 is 2.29 bits per heavy atom. The minimum absolute atomic E-state index is 0.393. The van der Waals surface area contributed by atoms with E-state index in [1.54, 1.807) is 0 Å². The molecule has 1 unspecified atom stereocenters. The van der Waals surface area contributed by atoms with Crippen LogP contribution in [0, 0.1) is 5.41 Å². The second-order valence-corrected chi connectivity index (χ2v) is 3.35. The Labute approximate surface area is 84.1 Å². The molecule has 0 saturated carbocycles. The summed E-state index contributed by atoms with van der Waals surface area (Å²) in [7, 11) is 0. The van der Waals surface area contributed by atoms with E-state index in [0.717, 1.165) is 12.1 Å². The number of hydrogen-bond acceptors (Lipinski definition) is 4. The SMILES string of the molecule is CCC(C)c1cc(N)nc(CC=N)n1. The van der Waals surface area contributed by atoms with Crippen LogP contribution < -0.4 is 5.73 Å². The van der Waals surface area contributed by atoms with Crippen LogP contribution >= 0.6 is 0 Å². The van der Waals surface area contributed by atoms with E-state index >= 15 is 0 Å². The highest BCUT2D eigenvalue weighted by Crippen LogP contribution is 2.17. The van der Waals surface area contributed by atoms with Gasteiger partial charge in [0.05, 0.1) is 0 Å². The van der Waals surface area contributed by atoms with Crippen LogP contribution in [0.1, 0.15) is 37.7 Å². The van der Waals surface area contributed by atoms with Crippen LogP contribution in [0.5, 0.6) is 0 Å². The average Bonchev–Trinajstić information content (AvgIpc) is 2.16. The predicted octanol–water partition coefficient (Wildman–Crippen LogP) is 1.76. The van der Waals surface area contributed by atoms with Gasteiger partial charge in [-0.3, -0.25) is 0 Å². The zero-order valence-electron chi connectivity index (χ0n) is 8.62. The lowest BCUT2D eigenvalue weighted by molar-refractivity contribution is 0.699. The van der Waals surface area contributed by atoms with E-state index in [9.17, 15) is 0 Å². The predicted molar refractivity (Wildman–Crippen MR) is 57.6 cm³/mol. The van der Waals surface area contributed by atoms with Crippen molar-refractivity contribution in [3.05, 3.63) is 17.6 Å². The maximum Gasteiger partial charge on any atom is 0.136 e. The van der Waals surface area contributed by atoms with Crippen molar-refractivity contribution in [2.45, 2.75) is 32.6 Å². The van der Waals surface area contributed by atoms with Crippen LogP contribution in [0.15, 0.2) is 6.07 Å². The van der Waals surface area contributed by atoms with Crippen LogP contribution in [-0.2, 0) is 6.42 Å². The molecular weight excluding hydrogens is 176 g/mol. The molecule has 0 amide bonds. The summed E-state index contributed by atoms with van der Waals surface area (Å²) >= 11 is 0. The molecule has 0 aliphatic heterocycles. The van der Waals surface area contributed by atoms with Gasteiger partial charge in [-0.25, -0.2) is 9.97 Å². The number of nitrogens with zero attached hydrogens (tertiary/aromatic N) is 2. The number of nitrogen functional groups attached to an aromatic ring is 1. The van der Waals surface area contributed by atoms with Gasteiger partial charge in [-0.15, -0.1) is 0 Å². The fourth-order valence-electron chi connectivity index (χ4n) is 1.18. The van der Waals surface area contributed by atoms with E-state index in [0.29, 0.717) is 24.0 Å². The number of hydrogen-bond donors (Lipinski definition) is 2. The molecule has 1 atom stereocenters. The van der Waals surface area contributed by atoms with E-state index in [-0.39, 0.29) is 0 Å². The summed E-state index contributed by atoms with van der Waals surface area (Å²) in [4.78, 5) is 8.41. The average molecular weight is 192 g/mol. The molecule has 76 valence electrons. The van der Waals surface area contributed by atoms with Gasteiger partial charge >= 0.3 is 0 Å². The molecule has 0 aliphatic rings. The van der Waals surface area contributed by atoms with Crippen LogP contribution in [0.25, 0.3) is 0 Å². The van der Waals surface area contributed by atoms with Gasteiger partial charge in [0, 0.05) is 24.4 Å². The first-order chi connectivity index (χ1) is 6.67. The molecule has 0 radical (unpaired) electrons. The number of anilines is 1. The normalized spacial score (nSPS) is 12.4. The molecule has 0 fully saturated rings. The molecule has 0 saturated heterocycles. The largest absolute Gasteiger partial charge is 0.384 e. The van der Waals surface area contributed by atoms with E-state index in [2.05, 4.69) is 23.8 Å². The summed E-state index contributed by atoms with van der Waals surface area (Å²) in [5.74, 6) is 1.52. The minimum Gasteiger partial charge on any atom is -0.384 e. The quantitative estimate of drug-likeness (QED) is 0.714. The van der Waals surface area contributed by atoms with Gasteiger partial charge in [-0.1, -0.05) is 13.8 Å².